The summed E-state index contributed by atoms with van der Waals surface area (Å²) in [7, 11) is 3.63. The van der Waals surface area contributed by atoms with Gasteiger partial charge in [0, 0.05) is 20.0 Å². The van der Waals surface area contributed by atoms with Gasteiger partial charge in [-0.05, 0) is 33.4 Å². The molecule has 0 aromatic carbocycles. The van der Waals surface area contributed by atoms with Crippen LogP contribution in [0.4, 0.5) is 0 Å². The zero-order chi connectivity index (χ0) is 15.5. The third kappa shape index (κ3) is 9.32. The molecule has 0 aliphatic rings. The van der Waals surface area contributed by atoms with Crippen LogP contribution in [0.1, 0.15) is 32.6 Å². The number of nitrogens with zero attached hydrogens (tertiary/aromatic N) is 1. The number of nitrogens with one attached hydrogen (secondary N) is 2. The number of carboxylic acids is 1. The highest BCUT2D eigenvalue weighted by Gasteiger charge is 2.19. The lowest BCUT2D eigenvalue weighted by Gasteiger charge is -2.23. The number of likely N-dealkylation sites (N-methyl/N-ethyl adjacent to an activating group) is 1. The molecule has 0 saturated carbocycles. The van der Waals surface area contributed by atoms with Crippen molar-refractivity contribution in [1.29, 1.82) is 0 Å². The van der Waals surface area contributed by atoms with Crippen LogP contribution in [-0.2, 0) is 14.4 Å². The predicted molar refractivity (Wildman–Crippen MR) is 75.3 cm³/mol. The fourth-order valence-electron chi connectivity index (χ4n) is 1.76. The van der Waals surface area contributed by atoms with Gasteiger partial charge in [-0.3, -0.25) is 19.3 Å². The largest absolute Gasteiger partial charge is 0.481 e. The highest BCUT2D eigenvalue weighted by molar-refractivity contribution is 5.82. The van der Waals surface area contributed by atoms with E-state index in [1.807, 2.05) is 19.0 Å². The molecule has 3 N–H and O–H groups in total. The van der Waals surface area contributed by atoms with E-state index in [2.05, 4.69) is 10.6 Å². The quantitative estimate of drug-likeness (QED) is 0.383. The maximum atomic E-state index is 11.9. The van der Waals surface area contributed by atoms with Gasteiger partial charge in [-0.25, -0.2) is 0 Å². The Morgan fingerprint density at radius 3 is 2.25 bits per heavy atom. The molecule has 0 heterocycles. The van der Waals surface area contributed by atoms with Gasteiger partial charge >= 0.3 is 5.97 Å². The average molecular weight is 290 g/mol. The Balaban J connectivity index is 3.99. The van der Waals surface area contributed by atoms with E-state index < -0.39 is 5.97 Å². The van der Waals surface area contributed by atoms with Crippen molar-refractivity contribution >= 4 is 17.8 Å². The van der Waals surface area contributed by atoms with E-state index in [0.717, 1.165) is 12.8 Å². The van der Waals surface area contributed by atoms with Crippen LogP contribution in [0.3, 0.4) is 0 Å². The number of aliphatic carboxylic acids is 1. The average Bonchev–Trinajstić information content (AvgIpc) is 2.32. The Morgan fingerprint density at radius 2 is 1.75 bits per heavy atom. The molecule has 0 aromatic rings. The first kappa shape index (κ1) is 18.4. The lowest BCUT2D eigenvalue weighted by atomic mass is 10.1. The van der Waals surface area contributed by atoms with Crippen molar-refractivity contribution in [2.24, 2.45) is 0 Å². The monoisotopic (exact) mass is 290 g/mol. The Kier molecular flexibility index (Phi) is 9.36. The Hall–Kier alpha value is -1.63. The Labute approximate surface area is 119 Å². The molecule has 0 bridgehead atoms. The molecule has 1 atom stereocenters. The summed E-state index contributed by atoms with van der Waals surface area (Å²) >= 11 is 0. The fraction of sp³-hybridized carbons (Fsp3) is 0.769. The molecule has 0 saturated heterocycles. The summed E-state index contributed by atoms with van der Waals surface area (Å²) in [5, 5.41) is 13.9. The molecule has 0 rings (SSSR count). The molecule has 116 valence electrons. The molecular weight excluding hydrogens is 265 g/mol. The molecule has 1 unspecified atom stereocenters. The first-order chi connectivity index (χ1) is 9.34. The summed E-state index contributed by atoms with van der Waals surface area (Å²) in [6.07, 6.45) is 2.22. The molecule has 0 fully saturated rings. The molecule has 0 aliphatic heterocycles. The first-order valence-electron chi connectivity index (χ1n) is 6.75. The molecule has 2 amide bonds. The minimum atomic E-state index is -0.929. The molecular formula is C13H25N3O4. The summed E-state index contributed by atoms with van der Waals surface area (Å²) < 4.78 is 0. The van der Waals surface area contributed by atoms with E-state index in [0.29, 0.717) is 13.0 Å². The van der Waals surface area contributed by atoms with Crippen LogP contribution in [0, 0.1) is 0 Å². The molecule has 0 aromatic heterocycles. The zero-order valence-corrected chi connectivity index (χ0v) is 12.4. The number of hydrogen-bond donors (Lipinski definition) is 3. The van der Waals surface area contributed by atoms with Gasteiger partial charge in [-0.2, -0.15) is 0 Å². The van der Waals surface area contributed by atoms with Crippen LogP contribution in [0.2, 0.25) is 0 Å². The SMILES string of the molecule is CC(=O)N[13CH2]CCCC(C(=O)NCCC(=O)O)N([13CH3])[13CH3]. The minimum Gasteiger partial charge on any atom is -0.481 e. The van der Waals surface area contributed by atoms with Crippen LogP contribution in [-0.4, -0.2) is 61.0 Å². The van der Waals surface area contributed by atoms with Crippen molar-refractivity contribution in [3.05, 3.63) is 0 Å². The van der Waals surface area contributed by atoms with Gasteiger partial charge in [0.15, 0.2) is 0 Å². The minimum absolute atomic E-state index is 0.0550. The number of amides is 2. The second-order valence-corrected chi connectivity index (χ2v) is 4.89. The number of carboxylic acid groups (broad SMARTS) is 1. The molecule has 0 radical (unpaired) electrons. The van der Waals surface area contributed by atoms with E-state index in [-0.39, 0.29) is 30.8 Å². The molecule has 0 spiro atoms. The number of carbonyl (C=O) groups excluding carboxylic acids is 2. The fourth-order valence-corrected chi connectivity index (χ4v) is 1.76. The van der Waals surface area contributed by atoms with Gasteiger partial charge in [0.05, 0.1) is 12.5 Å². The summed E-state index contributed by atoms with van der Waals surface area (Å²) in [5.74, 6) is -1.14. The van der Waals surface area contributed by atoms with Crippen molar-refractivity contribution in [1.82, 2.24) is 15.5 Å². The van der Waals surface area contributed by atoms with Gasteiger partial charge < -0.3 is 15.7 Å². The van der Waals surface area contributed by atoms with E-state index in [4.69, 9.17) is 5.11 Å². The van der Waals surface area contributed by atoms with Gasteiger partial charge in [-0.1, -0.05) is 0 Å². The van der Waals surface area contributed by atoms with Crippen LogP contribution in [0.5, 0.6) is 0 Å². The standard InChI is InChI=1S/C13H25N3O4/c1-10(17)14-8-5-4-6-11(16(2)3)13(20)15-9-7-12(18)19/h11H,4-9H2,1-3H3,(H,14,17)(H,15,20)(H,18,19)/i2+1,3+1,8+1. The lowest BCUT2D eigenvalue weighted by molar-refractivity contribution is -0.137. The normalized spacial score (nSPS) is 12.0. The third-order valence-corrected chi connectivity index (χ3v) is 2.84. The second-order valence-electron chi connectivity index (χ2n) is 4.89. The van der Waals surface area contributed by atoms with E-state index in [1.54, 1.807) is 0 Å². The highest BCUT2D eigenvalue weighted by atomic mass is 16.4. The van der Waals surface area contributed by atoms with Crippen molar-refractivity contribution in [3.63, 3.8) is 0 Å². The van der Waals surface area contributed by atoms with Crippen LogP contribution in [0.25, 0.3) is 0 Å². The number of hydrogen-bond acceptors (Lipinski definition) is 4. The first-order valence-corrected chi connectivity index (χ1v) is 6.75. The highest BCUT2D eigenvalue weighted by Crippen LogP contribution is 2.06. The molecule has 20 heavy (non-hydrogen) atoms. The topological polar surface area (TPSA) is 98.7 Å². The van der Waals surface area contributed by atoms with Crippen LogP contribution in [0.15, 0.2) is 0 Å². The van der Waals surface area contributed by atoms with Crippen molar-refractivity contribution < 1.29 is 19.5 Å². The summed E-state index contributed by atoms with van der Waals surface area (Å²) in [5.41, 5.74) is 0. The van der Waals surface area contributed by atoms with E-state index >= 15 is 0 Å². The number of unbranched alkanes of at least 4 members (excludes halogenated alkanes) is 1. The molecule has 7 nitrogen and oxygen atoms in total. The van der Waals surface area contributed by atoms with Gasteiger partial charge in [0.1, 0.15) is 0 Å². The second kappa shape index (κ2) is 10.2. The summed E-state index contributed by atoms with van der Waals surface area (Å²) in [6.45, 7) is 2.22. The van der Waals surface area contributed by atoms with Gasteiger partial charge in [0.2, 0.25) is 11.8 Å². The van der Waals surface area contributed by atoms with Gasteiger partial charge in [-0.15, -0.1) is 0 Å². The van der Waals surface area contributed by atoms with Crippen molar-refractivity contribution in [2.75, 3.05) is 27.2 Å². The molecule has 0 aliphatic carbocycles. The maximum absolute atomic E-state index is 11.9. The smallest absolute Gasteiger partial charge is 0.305 e. The van der Waals surface area contributed by atoms with Crippen molar-refractivity contribution in [3.8, 4) is 0 Å². The molecule has 7 heteroatoms. The summed E-state index contributed by atoms with van der Waals surface area (Å²) in [4.78, 5) is 34.8. The van der Waals surface area contributed by atoms with Gasteiger partial charge in [0.25, 0.3) is 0 Å². The summed E-state index contributed by atoms with van der Waals surface area (Å²) in [6, 6.07) is -0.277. The maximum Gasteiger partial charge on any atom is 0.305 e. The van der Waals surface area contributed by atoms with Crippen molar-refractivity contribution in [2.45, 2.75) is 38.6 Å². The Bertz CT molecular complexity index is 332. The zero-order valence-electron chi connectivity index (χ0n) is 12.4. The number of rotatable bonds is 10. The third-order valence-electron chi connectivity index (χ3n) is 2.84. The lowest BCUT2D eigenvalue weighted by Crippen LogP contribution is -2.44. The van der Waals surface area contributed by atoms with E-state index in [1.165, 1.54) is 6.92 Å². The van der Waals surface area contributed by atoms with Crippen LogP contribution >= 0.6 is 0 Å². The van der Waals surface area contributed by atoms with E-state index in [9.17, 15) is 14.4 Å². The van der Waals surface area contributed by atoms with Crippen LogP contribution < -0.4 is 10.6 Å². The number of carbonyl (C=O) groups is 3. The predicted octanol–water partition coefficient (Wildman–Crippen LogP) is -0.186. The Morgan fingerprint density at radius 1 is 1.10 bits per heavy atom.